The maximum atomic E-state index is 12.2. The molecular formula is C18H26N2O9. The van der Waals surface area contributed by atoms with Crippen LogP contribution in [0.4, 0.5) is 4.79 Å². The monoisotopic (exact) mass is 414 g/mol. The summed E-state index contributed by atoms with van der Waals surface area (Å²) < 4.78 is 31.1. The molecular weight excluding hydrogens is 388 g/mol. The number of carbonyl (C=O) groups is 3. The van der Waals surface area contributed by atoms with Crippen molar-refractivity contribution < 1.29 is 42.8 Å². The molecule has 0 spiro atoms. The Morgan fingerprint density at radius 1 is 1.07 bits per heavy atom. The zero-order valence-electron chi connectivity index (χ0n) is 16.4. The van der Waals surface area contributed by atoms with Crippen LogP contribution in [0.1, 0.15) is 20.3 Å². The second kappa shape index (κ2) is 8.91. The lowest BCUT2D eigenvalue weighted by atomic mass is 9.99. The molecule has 0 aromatic heterocycles. The van der Waals surface area contributed by atoms with Gasteiger partial charge in [-0.2, -0.15) is 0 Å². The summed E-state index contributed by atoms with van der Waals surface area (Å²) in [6.07, 6.45) is -2.96. The Labute approximate surface area is 167 Å². The van der Waals surface area contributed by atoms with Crippen LogP contribution in [0.2, 0.25) is 0 Å². The molecule has 0 saturated carbocycles. The molecule has 162 valence electrons. The third-order valence-electron chi connectivity index (χ3n) is 4.45. The quantitative estimate of drug-likeness (QED) is 0.309. The maximum absolute atomic E-state index is 12.2. The largest absolute Gasteiger partial charge is 0.509 e. The van der Waals surface area contributed by atoms with Crippen molar-refractivity contribution in [3.05, 3.63) is 24.3 Å². The van der Waals surface area contributed by atoms with Gasteiger partial charge in [0.05, 0.1) is 13.2 Å². The van der Waals surface area contributed by atoms with Crippen LogP contribution in [-0.4, -0.2) is 68.2 Å². The zero-order valence-corrected chi connectivity index (χ0v) is 16.4. The highest BCUT2D eigenvalue weighted by atomic mass is 16.8. The fourth-order valence-electron chi connectivity index (χ4n) is 2.69. The lowest BCUT2D eigenvalue weighted by molar-refractivity contribution is -0.151. The van der Waals surface area contributed by atoms with E-state index >= 15 is 0 Å². The minimum absolute atomic E-state index is 0.0813. The second-order valence-electron chi connectivity index (χ2n) is 6.95. The van der Waals surface area contributed by atoms with Crippen molar-refractivity contribution in [3.63, 3.8) is 0 Å². The van der Waals surface area contributed by atoms with Crippen molar-refractivity contribution in [3.8, 4) is 0 Å². The van der Waals surface area contributed by atoms with Crippen LogP contribution in [0.15, 0.2) is 24.3 Å². The van der Waals surface area contributed by atoms with Crippen molar-refractivity contribution in [1.82, 2.24) is 0 Å². The van der Waals surface area contributed by atoms with Gasteiger partial charge in [0.25, 0.3) is 0 Å². The van der Waals surface area contributed by atoms with Crippen LogP contribution in [0.25, 0.3) is 0 Å². The summed E-state index contributed by atoms with van der Waals surface area (Å²) in [7, 11) is 0. The molecule has 2 aliphatic heterocycles. The molecule has 0 radical (unpaired) electrons. The van der Waals surface area contributed by atoms with Crippen LogP contribution < -0.4 is 11.5 Å². The number of hydrogen-bond donors (Lipinski definition) is 2. The summed E-state index contributed by atoms with van der Waals surface area (Å²) in [4.78, 5) is 35.4. The fraction of sp³-hybridized carbons (Fsp3) is 0.611. The summed E-state index contributed by atoms with van der Waals surface area (Å²) in [5, 5.41) is 0. The molecule has 0 aromatic rings. The highest BCUT2D eigenvalue weighted by molar-refractivity contribution is 5.87. The molecule has 0 amide bonds. The van der Waals surface area contributed by atoms with Gasteiger partial charge in [0, 0.05) is 17.6 Å². The van der Waals surface area contributed by atoms with E-state index in [1.54, 1.807) is 0 Å². The first-order chi connectivity index (χ1) is 13.5. The summed E-state index contributed by atoms with van der Waals surface area (Å²) >= 11 is 0. The number of rotatable bonds is 8. The normalized spacial score (nSPS) is 27.8. The molecule has 2 rings (SSSR count). The molecule has 2 fully saturated rings. The molecule has 2 saturated heterocycles. The molecule has 4 N–H and O–H groups in total. The van der Waals surface area contributed by atoms with Crippen molar-refractivity contribution in [2.24, 2.45) is 11.5 Å². The first-order valence-corrected chi connectivity index (χ1v) is 8.86. The first-order valence-electron chi connectivity index (χ1n) is 8.86. The van der Waals surface area contributed by atoms with Gasteiger partial charge in [0.15, 0.2) is 23.7 Å². The second-order valence-corrected chi connectivity index (χ2v) is 6.95. The summed E-state index contributed by atoms with van der Waals surface area (Å²) in [5.41, 5.74) is 9.68. The molecule has 0 aromatic carbocycles. The summed E-state index contributed by atoms with van der Waals surface area (Å²) in [5.74, 6) is -1.40. The number of ether oxygens (including phenoxy) is 6. The predicted octanol–water partition coefficient (Wildman–Crippen LogP) is -0.124. The first kappa shape index (κ1) is 22.8. The predicted molar refractivity (Wildman–Crippen MR) is 97.0 cm³/mol. The van der Waals surface area contributed by atoms with Gasteiger partial charge in [-0.3, -0.25) is 11.5 Å². The molecule has 11 heteroatoms. The van der Waals surface area contributed by atoms with Gasteiger partial charge < -0.3 is 28.4 Å². The van der Waals surface area contributed by atoms with Gasteiger partial charge >= 0.3 is 18.1 Å². The lowest BCUT2D eigenvalue weighted by Gasteiger charge is -2.33. The Bertz CT molecular complexity index is 679. The average Bonchev–Trinajstić information content (AvgIpc) is 3.07. The van der Waals surface area contributed by atoms with E-state index in [1.807, 2.05) is 0 Å². The Balaban J connectivity index is 1.96. The highest BCUT2D eigenvalue weighted by Crippen LogP contribution is 2.40. The molecule has 0 bridgehead atoms. The van der Waals surface area contributed by atoms with E-state index in [9.17, 15) is 14.4 Å². The summed E-state index contributed by atoms with van der Waals surface area (Å²) in [6, 6.07) is 0. The van der Waals surface area contributed by atoms with Crippen LogP contribution >= 0.6 is 0 Å². The van der Waals surface area contributed by atoms with E-state index in [1.165, 1.54) is 13.8 Å². The SMILES string of the molecule is C=C(C)C(=O)OCC(COC(=O)C(=C)C)OC(=O)O[C@@H]1CO[C@]2(N)CCO[C@]12N. The Hall–Kier alpha value is -2.47. The van der Waals surface area contributed by atoms with E-state index in [-0.39, 0.29) is 24.4 Å². The van der Waals surface area contributed by atoms with E-state index < -0.39 is 55.0 Å². The third kappa shape index (κ3) is 5.12. The van der Waals surface area contributed by atoms with E-state index in [2.05, 4.69) is 13.2 Å². The molecule has 2 heterocycles. The third-order valence-corrected chi connectivity index (χ3v) is 4.45. The van der Waals surface area contributed by atoms with Crippen LogP contribution in [0.5, 0.6) is 0 Å². The molecule has 11 nitrogen and oxygen atoms in total. The number of esters is 2. The number of nitrogens with two attached hydrogens (primary N) is 2. The van der Waals surface area contributed by atoms with Crippen LogP contribution in [-0.2, 0) is 38.0 Å². The molecule has 0 unspecified atom stereocenters. The summed E-state index contributed by atoms with van der Waals surface area (Å²) in [6.45, 7) is 9.18. The Kier molecular flexibility index (Phi) is 7.01. The van der Waals surface area contributed by atoms with Gasteiger partial charge in [0.1, 0.15) is 13.2 Å². The maximum Gasteiger partial charge on any atom is 0.509 e. The Morgan fingerprint density at radius 3 is 2.14 bits per heavy atom. The van der Waals surface area contributed by atoms with Crippen LogP contribution in [0, 0.1) is 0 Å². The topological polar surface area (TPSA) is 159 Å². The standard InChI is InChI=1S/C18H26N2O9/c1-10(2)14(21)24-7-12(8-25-15(22)11(3)4)28-16(23)29-13-9-27-17(19)5-6-26-18(13,17)20/h12-13H,1,3,5-9,19-20H2,2,4H3/t13-,17-,18-/m1/s1. The van der Waals surface area contributed by atoms with Crippen molar-refractivity contribution in [2.45, 2.75) is 43.9 Å². The molecule has 3 atom stereocenters. The van der Waals surface area contributed by atoms with Gasteiger partial charge in [-0.05, 0) is 13.8 Å². The van der Waals surface area contributed by atoms with Crippen molar-refractivity contribution in [2.75, 3.05) is 26.4 Å². The zero-order chi connectivity index (χ0) is 21.8. The van der Waals surface area contributed by atoms with Gasteiger partial charge in [-0.1, -0.05) is 13.2 Å². The fourth-order valence-corrected chi connectivity index (χ4v) is 2.69. The molecule has 29 heavy (non-hydrogen) atoms. The number of hydrogen-bond acceptors (Lipinski definition) is 11. The van der Waals surface area contributed by atoms with E-state index in [0.29, 0.717) is 6.42 Å². The number of carbonyl (C=O) groups excluding carboxylic acids is 3. The van der Waals surface area contributed by atoms with Gasteiger partial charge in [-0.15, -0.1) is 0 Å². The molecule has 2 aliphatic rings. The highest BCUT2D eigenvalue weighted by Gasteiger charge is 2.64. The van der Waals surface area contributed by atoms with Crippen molar-refractivity contribution >= 4 is 18.1 Å². The Morgan fingerprint density at radius 2 is 1.62 bits per heavy atom. The number of fused-ring (bicyclic) bond motifs is 1. The van der Waals surface area contributed by atoms with E-state index in [0.717, 1.165) is 0 Å². The minimum atomic E-state index is -1.51. The average molecular weight is 414 g/mol. The molecule has 0 aliphatic carbocycles. The van der Waals surface area contributed by atoms with Crippen LogP contribution in [0.3, 0.4) is 0 Å². The van der Waals surface area contributed by atoms with Gasteiger partial charge in [-0.25, -0.2) is 14.4 Å². The lowest BCUT2D eigenvalue weighted by Crippen LogP contribution is -2.65. The minimum Gasteiger partial charge on any atom is -0.458 e. The van der Waals surface area contributed by atoms with Crippen molar-refractivity contribution in [1.29, 1.82) is 0 Å². The van der Waals surface area contributed by atoms with E-state index in [4.69, 9.17) is 39.9 Å². The smallest absolute Gasteiger partial charge is 0.458 e. The van der Waals surface area contributed by atoms with Gasteiger partial charge in [0.2, 0.25) is 0 Å².